The van der Waals surface area contributed by atoms with Crippen LogP contribution in [0, 0.1) is 0 Å². The Labute approximate surface area is 141 Å². The minimum absolute atomic E-state index is 0.266. The summed E-state index contributed by atoms with van der Waals surface area (Å²) in [5.74, 6) is -0.728. The molecule has 0 saturated carbocycles. The second-order valence-corrected chi connectivity index (χ2v) is 5.51. The molecule has 2 rings (SSSR count). The van der Waals surface area contributed by atoms with Crippen molar-refractivity contribution >= 4 is 30.2 Å². The zero-order valence-electron chi connectivity index (χ0n) is 13.1. The smallest absolute Gasteiger partial charge is 0.328 e. The number of ether oxygens (including phenoxy) is 1. The molecule has 122 valence electrons. The number of benzene rings is 1. The third kappa shape index (κ3) is 3.96. The molecule has 0 radical (unpaired) electrons. The average molecular weight is 332 g/mol. The Morgan fingerprint density at radius 2 is 2.04 bits per heavy atom. The lowest BCUT2D eigenvalue weighted by Gasteiger charge is -2.30. The number of carbonyl (C=O) groups is 2. The van der Waals surface area contributed by atoms with Gasteiger partial charge < -0.3 is 10.1 Å². The van der Waals surface area contributed by atoms with Crippen molar-refractivity contribution in [3.63, 3.8) is 0 Å². The van der Waals surface area contributed by atoms with Gasteiger partial charge in [0, 0.05) is 11.3 Å². The molecule has 1 N–H and O–H groups in total. The second-order valence-electron chi connectivity index (χ2n) is 4.99. The summed E-state index contributed by atoms with van der Waals surface area (Å²) in [6.45, 7) is 3.66. The highest BCUT2D eigenvalue weighted by molar-refractivity contribution is 7.81. The fraction of sp³-hybridized carbons (Fsp3) is 0.294. The van der Waals surface area contributed by atoms with Crippen molar-refractivity contribution in [2.45, 2.75) is 25.3 Å². The highest BCUT2D eigenvalue weighted by Gasteiger charge is 2.32. The highest BCUT2D eigenvalue weighted by atomic mass is 32.1. The van der Waals surface area contributed by atoms with Crippen LogP contribution in [-0.2, 0) is 14.3 Å². The number of amides is 1. The van der Waals surface area contributed by atoms with Gasteiger partial charge in [0.15, 0.2) is 0 Å². The summed E-state index contributed by atoms with van der Waals surface area (Å²) in [6, 6.07) is 8.32. The minimum Gasteiger partial charge on any atom is -0.464 e. The molecule has 0 aliphatic carbocycles. The third-order valence-corrected chi connectivity index (χ3v) is 3.86. The molecular weight excluding hydrogens is 312 g/mol. The van der Waals surface area contributed by atoms with E-state index in [9.17, 15) is 9.59 Å². The summed E-state index contributed by atoms with van der Waals surface area (Å²) >= 11 is 4.37. The first-order valence-electron chi connectivity index (χ1n) is 7.42. The average Bonchev–Trinajstić information content (AvgIpc) is 2.56. The van der Waals surface area contributed by atoms with Gasteiger partial charge in [-0.1, -0.05) is 18.2 Å². The van der Waals surface area contributed by atoms with Gasteiger partial charge >= 0.3 is 5.97 Å². The Morgan fingerprint density at radius 1 is 1.35 bits per heavy atom. The fourth-order valence-corrected chi connectivity index (χ4v) is 2.56. The molecule has 1 aromatic rings. The number of hydrogen-bond acceptors (Lipinski definition) is 5. The van der Waals surface area contributed by atoms with E-state index in [0.717, 1.165) is 0 Å². The van der Waals surface area contributed by atoms with E-state index in [1.165, 1.54) is 4.90 Å². The fourth-order valence-electron chi connectivity index (χ4n) is 2.28. The summed E-state index contributed by atoms with van der Waals surface area (Å²) in [6.07, 6.45) is 5.15. The van der Waals surface area contributed by atoms with E-state index in [1.54, 1.807) is 44.3 Å². The van der Waals surface area contributed by atoms with Crippen molar-refractivity contribution in [1.82, 2.24) is 5.32 Å². The second kappa shape index (κ2) is 7.87. The largest absolute Gasteiger partial charge is 0.464 e. The first-order chi connectivity index (χ1) is 11.1. The molecule has 1 heterocycles. The number of nitrogens with zero attached hydrogens (tertiary/aromatic N) is 1. The van der Waals surface area contributed by atoms with Gasteiger partial charge in [0.25, 0.3) is 5.91 Å². The number of allylic oxidation sites excluding steroid dienone is 2. The molecule has 1 amide bonds. The van der Waals surface area contributed by atoms with Gasteiger partial charge in [-0.2, -0.15) is 0 Å². The maximum absolute atomic E-state index is 13.0. The van der Waals surface area contributed by atoms with E-state index in [0.29, 0.717) is 11.3 Å². The van der Waals surface area contributed by atoms with Gasteiger partial charge in [-0.3, -0.25) is 9.69 Å². The number of hydrogen-bond donors (Lipinski definition) is 2. The molecular formula is C17H20N2O3S. The molecule has 23 heavy (non-hydrogen) atoms. The summed E-state index contributed by atoms with van der Waals surface area (Å²) in [7, 11) is 0. The van der Waals surface area contributed by atoms with Gasteiger partial charge in [-0.25, -0.2) is 4.79 Å². The van der Waals surface area contributed by atoms with Crippen LogP contribution in [0.3, 0.4) is 0 Å². The van der Waals surface area contributed by atoms with Crippen molar-refractivity contribution in [1.29, 1.82) is 0 Å². The van der Waals surface area contributed by atoms with Crippen LogP contribution in [0.2, 0.25) is 0 Å². The number of esters is 1. The predicted octanol–water partition coefficient (Wildman–Crippen LogP) is 2.27. The molecule has 0 saturated heterocycles. The van der Waals surface area contributed by atoms with Crippen LogP contribution in [-0.4, -0.2) is 29.9 Å². The van der Waals surface area contributed by atoms with E-state index in [1.807, 2.05) is 18.2 Å². The number of rotatable bonds is 5. The Kier molecular flexibility index (Phi) is 5.87. The number of para-hydroxylation sites is 1. The van der Waals surface area contributed by atoms with Gasteiger partial charge in [0.05, 0.1) is 6.61 Å². The van der Waals surface area contributed by atoms with Crippen molar-refractivity contribution in [3.05, 3.63) is 54.3 Å². The summed E-state index contributed by atoms with van der Waals surface area (Å²) in [4.78, 5) is 26.6. The van der Waals surface area contributed by atoms with Crippen LogP contribution in [0.5, 0.6) is 0 Å². The van der Waals surface area contributed by atoms with E-state index in [-0.39, 0.29) is 12.5 Å². The van der Waals surface area contributed by atoms with Crippen LogP contribution >= 0.6 is 12.6 Å². The van der Waals surface area contributed by atoms with Gasteiger partial charge in [0.2, 0.25) is 0 Å². The number of anilines is 1. The van der Waals surface area contributed by atoms with E-state index < -0.39 is 17.4 Å². The molecule has 0 spiro atoms. The van der Waals surface area contributed by atoms with Crippen LogP contribution in [0.4, 0.5) is 5.69 Å². The minimum atomic E-state index is -0.739. The molecule has 1 aliphatic heterocycles. The molecule has 5 nitrogen and oxygen atoms in total. The molecule has 0 bridgehead atoms. The molecule has 2 atom stereocenters. The van der Waals surface area contributed by atoms with E-state index in [4.69, 9.17) is 4.74 Å². The number of carbonyl (C=O) groups excluding carboxylic acids is 2. The molecule has 0 fully saturated rings. The standard InChI is InChI=1S/C17H20N2O3S/c1-3-22-17(21)12(2)19(13-8-5-4-6-9-13)16(20)14-10-7-11-18-15(14)23/h4-12,15,18,23H,3H2,1-2H3. The van der Waals surface area contributed by atoms with Crippen molar-refractivity contribution < 1.29 is 14.3 Å². The molecule has 6 heteroatoms. The number of thiol groups is 1. The lowest BCUT2D eigenvalue weighted by atomic mass is 10.1. The zero-order chi connectivity index (χ0) is 16.8. The molecule has 1 aliphatic rings. The quantitative estimate of drug-likeness (QED) is 0.641. The van der Waals surface area contributed by atoms with Crippen molar-refractivity contribution in [2.24, 2.45) is 0 Å². The molecule has 2 unspecified atom stereocenters. The Balaban J connectivity index is 2.37. The van der Waals surface area contributed by atoms with Gasteiger partial charge in [-0.15, -0.1) is 12.6 Å². The Hall–Kier alpha value is -2.21. The summed E-state index contributed by atoms with van der Waals surface area (Å²) < 4.78 is 5.07. The van der Waals surface area contributed by atoms with Gasteiger partial charge in [0.1, 0.15) is 11.4 Å². The zero-order valence-corrected chi connectivity index (χ0v) is 14.0. The SMILES string of the molecule is CCOC(=O)C(C)N(C(=O)C1=CC=CNC1S)c1ccccc1. The van der Waals surface area contributed by atoms with Crippen LogP contribution in [0.15, 0.2) is 54.3 Å². The molecule has 1 aromatic carbocycles. The summed E-state index contributed by atoms with van der Waals surface area (Å²) in [5.41, 5.74) is 1.10. The Bertz CT molecular complexity index is 628. The third-order valence-electron chi connectivity index (χ3n) is 3.44. The number of dihydropyridines is 1. The topological polar surface area (TPSA) is 58.6 Å². The lowest BCUT2D eigenvalue weighted by Crippen LogP contribution is -2.47. The lowest BCUT2D eigenvalue weighted by molar-refractivity contribution is -0.145. The normalized spacial score (nSPS) is 17.7. The van der Waals surface area contributed by atoms with E-state index in [2.05, 4.69) is 17.9 Å². The van der Waals surface area contributed by atoms with Crippen molar-refractivity contribution in [3.8, 4) is 0 Å². The first-order valence-corrected chi connectivity index (χ1v) is 7.94. The monoisotopic (exact) mass is 332 g/mol. The van der Waals surface area contributed by atoms with Crippen LogP contribution in [0.25, 0.3) is 0 Å². The maximum Gasteiger partial charge on any atom is 0.328 e. The number of nitrogens with one attached hydrogen (secondary N) is 1. The van der Waals surface area contributed by atoms with Gasteiger partial charge in [-0.05, 0) is 44.3 Å². The van der Waals surface area contributed by atoms with E-state index >= 15 is 0 Å². The van der Waals surface area contributed by atoms with Crippen LogP contribution in [0.1, 0.15) is 13.8 Å². The first kappa shape index (κ1) is 17.1. The predicted molar refractivity (Wildman–Crippen MR) is 93.2 cm³/mol. The maximum atomic E-state index is 13.0. The Morgan fingerprint density at radius 3 is 2.65 bits per heavy atom. The summed E-state index contributed by atoms with van der Waals surface area (Å²) in [5, 5.41) is 2.54. The highest BCUT2D eigenvalue weighted by Crippen LogP contribution is 2.23. The van der Waals surface area contributed by atoms with Crippen molar-refractivity contribution in [2.75, 3.05) is 11.5 Å². The molecule has 0 aromatic heterocycles. The van der Waals surface area contributed by atoms with Crippen LogP contribution < -0.4 is 10.2 Å².